The molecule has 0 aromatic carbocycles. The molecule has 1 rings (SSSR count). The predicted octanol–water partition coefficient (Wildman–Crippen LogP) is -0.641. The third-order valence-corrected chi connectivity index (χ3v) is 4.27. The summed E-state index contributed by atoms with van der Waals surface area (Å²) < 4.78 is 19.4. The normalized spacial score (nSPS) is 17.0. The van der Waals surface area contributed by atoms with E-state index in [1.807, 2.05) is 0 Å². The number of nitrogens with one attached hydrogen (secondary N) is 1. The van der Waals surface area contributed by atoms with Crippen LogP contribution in [0.2, 0.25) is 0 Å². The third kappa shape index (κ3) is 7.03. The highest BCUT2D eigenvalue weighted by molar-refractivity contribution is 6.05. The van der Waals surface area contributed by atoms with Crippen molar-refractivity contribution in [1.29, 1.82) is 5.41 Å². The Morgan fingerprint density at radius 1 is 0.688 bits per heavy atom. The summed E-state index contributed by atoms with van der Waals surface area (Å²) in [5.74, 6) is -5.21. The molecule has 4 unspecified atom stereocenters. The van der Waals surface area contributed by atoms with Crippen molar-refractivity contribution in [2.24, 2.45) is 0 Å². The van der Waals surface area contributed by atoms with E-state index in [1.165, 1.54) is 34.6 Å². The SMILES string of the molecule is CC(=O)OC(C)C(=O)OC(C)C(=O)OC(C)C(=O)OC(C)C(=O)N1CCN(C(C)=O)C1=N. The molecule has 32 heavy (non-hydrogen) atoms. The van der Waals surface area contributed by atoms with Gasteiger partial charge in [-0.3, -0.25) is 29.6 Å². The second kappa shape index (κ2) is 11.2. The van der Waals surface area contributed by atoms with Gasteiger partial charge in [0.2, 0.25) is 11.9 Å². The molecule has 0 aromatic heterocycles. The number of hydrogen-bond donors (Lipinski definition) is 1. The second-order valence-electron chi connectivity index (χ2n) is 6.97. The van der Waals surface area contributed by atoms with Crippen LogP contribution < -0.4 is 0 Å². The summed E-state index contributed by atoms with van der Waals surface area (Å²) >= 11 is 0. The van der Waals surface area contributed by atoms with Crippen molar-refractivity contribution in [2.75, 3.05) is 13.1 Å². The van der Waals surface area contributed by atoms with Crippen molar-refractivity contribution in [1.82, 2.24) is 9.80 Å². The van der Waals surface area contributed by atoms with Crippen LogP contribution in [0, 0.1) is 5.41 Å². The Hall–Kier alpha value is -3.51. The van der Waals surface area contributed by atoms with Crippen molar-refractivity contribution in [3.05, 3.63) is 0 Å². The number of carbonyl (C=O) groups is 6. The maximum absolute atomic E-state index is 12.4. The first-order valence-electron chi connectivity index (χ1n) is 9.73. The molecule has 0 radical (unpaired) electrons. The second-order valence-corrected chi connectivity index (χ2v) is 6.97. The first kappa shape index (κ1) is 26.5. The molecule has 0 spiro atoms. The minimum Gasteiger partial charge on any atom is -0.451 e. The van der Waals surface area contributed by atoms with Crippen molar-refractivity contribution in [3.8, 4) is 0 Å². The van der Waals surface area contributed by atoms with E-state index in [0.717, 1.165) is 16.7 Å². The summed E-state index contributed by atoms with van der Waals surface area (Å²) in [7, 11) is 0. The van der Waals surface area contributed by atoms with Crippen LogP contribution in [0.1, 0.15) is 41.5 Å². The summed E-state index contributed by atoms with van der Waals surface area (Å²) in [6.45, 7) is 7.53. The number of amides is 2. The number of nitrogens with zero attached hydrogens (tertiary/aromatic N) is 2. The van der Waals surface area contributed by atoms with E-state index in [9.17, 15) is 28.8 Å². The Bertz CT molecular complexity index is 811. The number of ether oxygens (including phenoxy) is 4. The van der Waals surface area contributed by atoms with E-state index in [-0.39, 0.29) is 19.0 Å². The van der Waals surface area contributed by atoms with Crippen LogP contribution in [0.25, 0.3) is 0 Å². The van der Waals surface area contributed by atoms with Gasteiger partial charge in [-0.2, -0.15) is 0 Å². The highest BCUT2D eigenvalue weighted by Crippen LogP contribution is 2.12. The van der Waals surface area contributed by atoms with E-state index in [1.54, 1.807) is 0 Å². The average molecular weight is 457 g/mol. The molecule has 1 aliphatic heterocycles. The lowest BCUT2D eigenvalue weighted by atomic mass is 10.3. The van der Waals surface area contributed by atoms with E-state index in [0.29, 0.717) is 0 Å². The summed E-state index contributed by atoms with van der Waals surface area (Å²) in [4.78, 5) is 72.8. The lowest BCUT2D eigenvalue weighted by Gasteiger charge is -2.23. The van der Waals surface area contributed by atoms with Crippen molar-refractivity contribution in [3.63, 3.8) is 0 Å². The molecule has 178 valence electrons. The summed E-state index contributed by atoms with van der Waals surface area (Å²) in [6, 6.07) is 0. The minimum absolute atomic E-state index is 0.0817. The predicted molar refractivity (Wildman–Crippen MR) is 105 cm³/mol. The Morgan fingerprint density at radius 3 is 1.44 bits per heavy atom. The maximum atomic E-state index is 12.4. The molecule has 0 saturated carbocycles. The minimum atomic E-state index is -1.43. The lowest BCUT2D eigenvalue weighted by Crippen LogP contribution is -2.45. The first-order valence-corrected chi connectivity index (χ1v) is 9.73. The van der Waals surface area contributed by atoms with E-state index in [2.05, 4.69) is 4.74 Å². The highest BCUT2D eigenvalue weighted by atomic mass is 16.6. The molecule has 13 heteroatoms. The number of hydrogen-bond acceptors (Lipinski definition) is 11. The van der Waals surface area contributed by atoms with Crippen LogP contribution in [0.5, 0.6) is 0 Å². The number of carbonyl (C=O) groups excluding carboxylic acids is 6. The molecule has 1 aliphatic rings. The van der Waals surface area contributed by atoms with Gasteiger partial charge >= 0.3 is 23.9 Å². The van der Waals surface area contributed by atoms with Crippen molar-refractivity contribution < 1.29 is 47.7 Å². The van der Waals surface area contributed by atoms with Crippen molar-refractivity contribution in [2.45, 2.75) is 66.0 Å². The highest BCUT2D eigenvalue weighted by Gasteiger charge is 2.36. The summed E-state index contributed by atoms with van der Waals surface area (Å²) in [5, 5.41) is 7.88. The zero-order valence-corrected chi connectivity index (χ0v) is 18.7. The topological polar surface area (TPSA) is 170 Å². The summed E-state index contributed by atoms with van der Waals surface area (Å²) in [5.41, 5.74) is 0. The maximum Gasteiger partial charge on any atom is 0.347 e. The molecule has 1 heterocycles. The molecule has 1 N–H and O–H groups in total. The van der Waals surface area contributed by atoms with Crippen LogP contribution in [0.4, 0.5) is 0 Å². The van der Waals surface area contributed by atoms with Crippen molar-refractivity contribution >= 4 is 41.7 Å². The Balaban J connectivity index is 2.57. The first-order chi connectivity index (χ1) is 14.8. The van der Waals surface area contributed by atoms with Gasteiger partial charge in [0.25, 0.3) is 5.91 Å². The molecule has 4 atom stereocenters. The third-order valence-electron chi connectivity index (χ3n) is 4.27. The Kier molecular flexibility index (Phi) is 9.29. The molecule has 0 aromatic rings. The number of esters is 4. The zero-order chi connectivity index (χ0) is 24.7. The molecule has 0 bridgehead atoms. The van der Waals surface area contributed by atoms with Gasteiger partial charge in [0, 0.05) is 26.9 Å². The fourth-order valence-electron chi connectivity index (χ4n) is 2.55. The zero-order valence-electron chi connectivity index (χ0n) is 18.7. The van der Waals surface area contributed by atoms with Crippen LogP contribution in [0.3, 0.4) is 0 Å². The Morgan fingerprint density at radius 2 is 1.06 bits per heavy atom. The molecule has 2 amide bonds. The molecule has 13 nitrogen and oxygen atoms in total. The van der Waals surface area contributed by atoms with E-state index >= 15 is 0 Å². The standard InChI is InChI=1S/C19H27N3O10/c1-9(15(25)22-8-7-21(13(5)23)19(22)20)30-17(27)11(3)32-18(28)12(4)31-16(26)10(2)29-14(6)24/h9-12,20H,7-8H2,1-6H3. The summed E-state index contributed by atoms with van der Waals surface area (Å²) in [6.07, 6.45) is -5.38. The lowest BCUT2D eigenvalue weighted by molar-refractivity contribution is -0.183. The van der Waals surface area contributed by atoms with Crippen LogP contribution in [-0.4, -0.2) is 89.0 Å². The van der Waals surface area contributed by atoms with Gasteiger partial charge < -0.3 is 18.9 Å². The van der Waals surface area contributed by atoms with E-state index < -0.39 is 60.1 Å². The number of rotatable bonds is 8. The molecular formula is C19H27N3O10. The number of guanidine groups is 1. The fourth-order valence-corrected chi connectivity index (χ4v) is 2.55. The smallest absolute Gasteiger partial charge is 0.347 e. The molecule has 1 fully saturated rings. The van der Waals surface area contributed by atoms with Crippen LogP contribution >= 0.6 is 0 Å². The average Bonchev–Trinajstić information content (AvgIpc) is 3.07. The quantitative estimate of drug-likeness (QED) is 0.365. The van der Waals surface area contributed by atoms with Gasteiger partial charge in [-0.05, 0) is 27.7 Å². The van der Waals surface area contributed by atoms with Crippen LogP contribution in [-0.2, 0) is 47.7 Å². The molecule has 1 saturated heterocycles. The van der Waals surface area contributed by atoms with Crippen LogP contribution in [0.15, 0.2) is 0 Å². The van der Waals surface area contributed by atoms with Gasteiger partial charge in [-0.1, -0.05) is 0 Å². The monoisotopic (exact) mass is 457 g/mol. The van der Waals surface area contributed by atoms with Gasteiger partial charge in [-0.25, -0.2) is 14.4 Å². The Labute approximate surface area is 184 Å². The fraction of sp³-hybridized carbons (Fsp3) is 0.632. The van der Waals surface area contributed by atoms with Gasteiger partial charge in [-0.15, -0.1) is 0 Å². The van der Waals surface area contributed by atoms with Gasteiger partial charge in [0.1, 0.15) is 0 Å². The van der Waals surface area contributed by atoms with E-state index in [4.69, 9.17) is 19.6 Å². The van der Waals surface area contributed by atoms with Gasteiger partial charge in [0.15, 0.2) is 24.4 Å². The largest absolute Gasteiger partial charge is 0.451 e. The molecule has 0 aliphatic carbocycles. The van der Waals surface area contributed by atoms with Gasteiger partial charge in [0.05, 0.1) is 0 Å². The molecular weight excluding hydrogens is 430 g/mol.